The largest absolute Gasteiger partial charge is 0.416 e. The molecule has 0 heterocycles. The Balaban J connectivity index is 2.80. The molecule has 1 aromatic rings. The lowest BCUT2D eigenvalue weighted by Gasteiger charge is -2.17. The second kappa shape index (κ2) is 7.92. The first-order chi connectivity index (χ1) is 10.6. The Kier molecular flexibility index (Phi) is 6.51. The molecule has 0 aliphatic rings. The van der Waals surface area contributed by atoms with E-state index in [-0.39, 0.29) is 16.8 Å². The Hall–Kier alpha value is -2.14. The van der Waals surface area contributed by atoms with Crippen LogP contribution in [0.25, 0.3) is 0 Å². The summed E-state index contributed by atoms with van der Waals surface area (Å²) in [6.07, 6.45) is -4.66. The minimum Gasteiger partial charge on any atom is -0.383 e. The fourth-order valence-electron chi connectivity index (χ4n) is 1.64. The van der Waals surface area contributed by atoms with Gasteiger partial charge in [-0.15, -0.1) is 0 Å². The SMILES string of the molecule is COCC(C)NC(=S)NNc1ccc(C(F)(F)F)cc1[N+](=O)[O-]. The normalized spacial score (nSPS) is 12.4. The Morgan fingerprint density at radius 3 is 2.65 bits per heavy atom. The van der Waals surface area contributed by atoms with Crippen LogP contribution in [-0.4, -0.2) is 29.8 Å². The van der Waals surface area contributed by atoms with Crippen LogP contribution in [0.3, 0.4) is 0 Å². The zero-order valence-electron chi connectivity index (χ0n) is 12.2. The molecule has 128 valence electrons. The maximum atomic E-state index is 12.6. The van der Waals surface area contributed by atoms with Crippen LogP contribution < -0.4 is 16.2 Å². The first-order valence-electron chi connectivity index (χ1n) is 6.32. The maximum Gasteiger partial charge on any atom is 0.416 e. The number of nitro groups is 1. The molecule has 0 saturated heterocycles. The summed E-state index contributed by atoms with van der Waals surface area (Å²) in [4.78, 5) is 10.0. The van der Waals surface area contributed by atoms with Crippen LogP contribution in [-0.2, 0) is 10.9 Å². The van der Waals surface area contributed by atoms with E-state index in [0.29, 0.717) is 12.7 Å². The number of hydrazine groups is 1. The van der Waals surface area contributed by atoms with Crippen molar-refractivity contribution in [3.8, 4) is 0 Å². The number of hydrogen-bond acceptors (Lipinski definition) is 5. The number of methoxy groups -OCH3 is 1. The van der Waals surface area contributed by atoms with Gasteiger partial charge in [0.25, 0.3) is 5.69 Å². The maximum absolute atomic E-state index is 12.6. The van der Waals surface area contributed by atoms with Crippen LogP contribution in [0.2, 0.25) is 0 Å². The highest BCUT2D eigenvalue weighted by Gasteiger charge is 2.33. The third-order valence-corrected chi connectivity index (χ3v) is 2.85. The van der Waals surface area contributed by atoms with Gasteiger partial charge in [-0.1, -0.05) is 0 Å². The standard InChI is InChI=1S/C12H15F3N4O3S/c1-7(6-22-2)16-11(23)18-17-9-4-3-8(12(13,14)15)5-10(9)19(20)21/h3-5,7,17H,6H2,1-2H3,(H2,16,18,23). The van der Waals surface area contributed by atoms with E-state index in [1.807, 2.05) is 0 Å². The van der Waals surface area contributed by atoms with Gasteiger partial charge in [-0.25, -0.2) is 0 Å². The third kappa shape index (κ3) is 5.87. The first kappa shape index (κ1) is 18.9. The van der Waals surface area contributed by atoms with E-state index in [1.54, 1.807) is 6.92 Å². The molecular weight excluding hydrogens is 337 g/mol. The van der Waals surface area contributed by atoms with Crippen molar-refractivity contribution in [3.05, 3.63) is 33.9 Å². The summed E-state index contributed by atoms with van der Waals surface area (Å²) < 4.78 is 42.7. The van der Waals surface area contributed by atoms with E-state index in [4.69, 9.17) is 17.0 Å². The summed E-state index contributed by atoms with van der Waals surface area (Å²) in [6.45, 7) is 2.17. The Morgan fingerprint density at radius 1 is 1.48 bits per heavy atom. The molecule has 23 heavy (non-hydrogen) atoms. The minimum absolute atomic E-state index is 0.115. The number of rotatable bonds is 6. The van der Waals surface area contributed by atoms with E-state index in [9.17, 15) is 23.3 Å². The topological polar surface area (TPSA) is 88.5 Å². The molecule has 0 aliphatic carbocycles. The highest BCUT2D eigenvalue weighted by atomic mass is 32.1. The molecule has 3 N–H and O–H groups in total. The van der Waals surface area contributed by atoms with Gasteiger partial charge in [-0.05, 0) is 31.3 Å². The van der Waals surface area contributed by atoms with E-state index in [1.165, 1.54) is 7.11 Å². The molecule has 0 aromatic heterocycles. The highest BCUT2D eigenvalue weighted by molar-refractivity contribution is 7.80. The Morgan fingerprint density at radius 2 is 2.13 bits per heavy atom. The lowest BCUT2D eigenvalue weighted by atomic mass is 10.1. The predicted molar refractivity (Wildman–Crippen MR) is 81.9 cm³/mol. The summed E-state index contributed by atoms with van der Waals surface area (Å²) in [6, 6.07) is 2.02. The quantitative estimate of drug-likeness (QED) is 0.412. The molecule has 7 nitrogen and oxygen atoms in total. The molecule has 0 saturated carbocycles. The number of anilines is 1. The van der Waals surface area contributed by atoms with Crippen LogP contribution >= 0.6 is 12.2 Å². The molecule has 1 rings (SSSR count). The molecule has 0 bridgehead atoms. The third-order valence-electron chi connectivity index (χ3n) is 2.63. The molecule has 0 radical (unpaired) electrons. The molecule has 0 spiro atoms. The van der Waals surface area contributed by atoms with E-state index in [0.717, 1.165) is 12.1 Å². The Labute approximate surface area is 135 Å². The van der Waals surface area contributed by atoms with E-state index in [2.05, 4.69) is 16.2 Å². The zero-order chi connectivity index (χ0) is 17.6. The van der Waals surface area contributed by atoms with Crippen molar-refractivity contribution >= 4 is 28.7 Å². The number of hydrogen-bond donors (Lipinski definition) is 3. The van der Waals surface area contributed by atoms with Gasteiger partial charge in [-0.2, -0.15) is 13.2 Å². The molecule has 0 aliphatic heterocycles. The summed E-state index contributed by atoms with van der Waals surface area (Å²) in [5, 5.41) is 13.8. The average molecular weight is 352 g/mol. The smallest absolute Gasteiger partial charge is 0.383 e. The fourth-order valence-corrected chi connectivity index (χ4v) is 1.89. The average Bonchev–Trinajstić information content (AvgIpc) is 2.44. The highest BCUT2D eigenvalue weighted by Crippen LogP contribution is 2.34. The lowest BCUT2D eigenvalue weighted by Crippen LogP contribution is -2.44. The molecule has 1 unspecified atom stereocenters. The Bertz CT molecular complexity index is 583. The van der Waals surface area contributed by atoms with E-state index >= 15 is 0 Å². The van der Waals surface area contributed by atoms with Gasteiger partial charge in [0.2, 0.25) is 0 Å². The number of nitro benzene ring substituents is 1. The van der Waals surface area contributed by atoms with Gasteiger partial charge in [0.15, 0.2) is 5.11 Å². The molecular formula is C12H15F3N4O3S. The number of nitrogens with zero attached hydrogens (tertiary/aromatic N) is 1. The van der Waals surface area contributed by atoms with Crippen molar-refractivity contribution in [1.29, 1.82) is 0 Å². The first-order valence-corrected chi connectivity index (χ1v) is 6.73. The minimum atomic E-state index is -4.66. The van der Waals surface area contributed by atoms with Crippen LogP contribution in [0.1, 0.15) is 12.5 Å². The van der Waals surface area contributed by atoms with Crippen LogP contribution in [0.4, 0.5) is 24.5 Å². The number of nitrogens with one attached hydrogen (secondary N) is 3. The van der Waals surface area contributed by atoms with Gasteiger partial charge < -0.3 is 10.1 Å². The summed E-state index contributed by atoms with van der Waals surface area (Å²) in [5.41, 5.74) is 2.91. The van der Waals surface area contributed by atoms with Crippen molar-refractivity contribution in [2.45, 2.75) is 19.1 Å². The number of halogens is 3. The fraction of sp³-hybridized carbons (Fsp3) is 0.417. The molecule has 11 heteroatoms. The van der Waals surface area contributed by atoms with Gasteiger partial charge in [0.1, 0.15) is 5.69 Å². The van der Waals surface area contributed by atoms with Crippen LogP contribution in [0.15, 0.2) is 18.2 Å². The van der Waals surface area contributed by atoms with E-state index < -0.39 is 22.4 Å². The molecule has 0 amide bonds. The number of alkyl halides is 3. The number of benzene rings is 1. The zero-order valence-corrected chi connectivity index (χ0v) is 13.0. The van der Waals surface area contributed by atoms with Crippen LogP contribution in [0.5, 0.6) is 0 Å². The van der Waals surface area contributed by atoms with Crippen molar-refractivity contribution < 1.29 is 22.8 Å². The van der Waals surface area contributed by atoms with Gasteiger partial charge >= 0.3 is 6.18 Å². The van der Waals surface area contributed by atoms with Gasteiger partial charge in [0, 0.05) is 19.2 Å². The second-order valence-corrected chi connectivity index (χ2v) is 4.97. The number of ether oxygens (including phenoxy) is 1. The van der Waals surface area contributed by atoms with Crippen molar-refractivity contribution in [2.75, 3.05) is 19.1 Å². The summed E-state index contributed by atoms with van der Waals surface area (Å²) >= 11 is 4.95. The molecule has 1 aromatic carbocycles. The van der Waals surface area contributed by atoms with Crippen LogP contribution in [0, 0.1) is 10.1 Å². The second-order valence-electron chi connectivity index (χ2n) is 4.57. The predicted octanol–water partition coefficient (Wildman–Crippen LogP) is 2.44. The lowest BCUT2D eigenvalue weighted by molar-refractivity contribution is -0.384. The van der Waals surface area contributed by atoms with Gasteiger partial charge in [0.05, 0.1) is 17.1 Å². The molecule has 1 atom stereocenters. The summed E-state index contributed by atoms with van der Waals surface area (Å²) in [7, 11) is 1.51. The summed E-state index contributed by atoms with van der Waals surface area (Å²) in [5.74, 6) is 0. The number of thiocarbonyl (C=S) groups is 1. The van der Waals surface area contributed by atoms with Crippen molar-refractivity contribution in [1.82, 2.24) is 10.7 Å². The van der Waals surface area contributed by atoms with Gasteiger partial charge in [-0.3, -0.25) is 21.0 Å². The van der Waals surface area contributed by atoms with Crippen molar-refractivity contribution in [2.24, 2.45) is 0 Å². The van der Waals surface area contributed by atoms with Crippen molar-refractivity contribution in [3.63, 3.8) is 0 Å². The monoisotopic (exact) mass is 352 g/mol. The molecule has 0 fully saturated rings.